The van der Waals surface area contributed by atoms with Crippen molar-refractivity contribution in [2.75, 3.05) is 6.54 Å². The molecule has 0 bridgehead atoms. The number of carboxylic acid groups (broad SMARTS) is 1. The number of hydrogen-bond donors (Lipinski definition) is 1. The van der Waals surface area contributed by atoms with Gasteiger partial charge in [0.05, 0.1) is 6.42 Å². The first-order valence-electron chi connectivity index (χ1n) is 6.27. The number of carboxylic acids is 1. The summed E-state index contributed by atoms with van der Waals surface area (Å²) in [6.07, 6.45) is -2.22. The van der Waals surface area contributed by atoms with Crippen LogP contribution < -0.4 is 0 Å². The second-order valence-corrected chi connectivity index (χ2v) is 6.26. The number of imide groups is 1. The van der Waals surface area contributed by atoms with Crippen LogP contribution in [0.5, 0.6) is 0 Å². The van der Waals surface area contributed by atoms with E-state index in [-0.39, 0.29) is 13.0 Å². The van der Waals surface area contributed by atoms with Crippen LogP contribution in [0, 0.1) is 0 Å². The lowest BCUT2D eigenvalue weighted by molar-refractivity contribution is -0.137. The zero-order chi connectivity index (χ0) is 16.1. The largest absolute Gasteiger partial charge is 0.481 e. The molecule has 0 saturated heterocycles. The molecule has 116 valence electrons. The van der Waals surface area contributed by atoms with E-state index in [0.717, 1.165) is 0 Å². The van der Waals surface area contributed by atoms with Gasteiger partial charge in [-0.05, 0) is 41.5 Å². The van der Waals surface area contributed by atoms with Crippen molar-refractivity contribution in [2.45, 2.75) is 59.2 Å². The normalized spacial score (nSPS) is 11.7. The third-order valence-corrected chi connectivity index (χ3v) is 1.78. The topological polar surface area (TPSA) is 93.1 Å². The SMILES string of the molecule is CC(C)(C)OC(=O)N(CCC(=O)O)C(=O)OC(C)(C)C. The molecule has 0 fully saturated rings. The van der Waals surface area contributed by atoms with E-state index in [1.54, 1.807) is 41.5 Å². The highest BCUT2D eigenvalue weighted by atomic mass is 16.6. The molecule has 0 spiro atoms. The molecule has 0 atom stereocenters. The number of nitrogens with zero attached hydrogens (tertiary/aromatic N) is 1. The summed E-state index contributed by atoms with van der Waals surface area (Å²) in [7, 11) is 0. The van der Waals surface area contributed by atoms with Crippen molar-refractivity contribution in [2.24, 2.45) is 0 Å². The van der Waals surface area contributed by atoms with Crippen LogP contribution in [-0.2, 0) is 14.3 Å². The average molecular weight is 289 g/mol. The monoisotopic (exact) mass is 289 g/mol. The maximum atomic E-state index is 11.9. The van der Waals surface area contributed by atoms with Crippen molar-refractivity contribution in [1.82, 2.24) is 4.90 Å². The summed E-state index contributed by atoms with van der Waals surface area (Å²) < 4.78 is 10.1. The van der Waals surface area contributed by atoms with Crippen LogP contribution in [-0.4, -0.2) is 45.9 Å². The Morgan fingerprint density at radius 2 is 1.25 bits per heavy atom. The Balaban J connectivity index is 4.93. The summed E-state index contributed by atoms with van der Waals surface area (Å²) in [5, 5.41) is 8.66. The van der Waals surface area contributed by atoms with E-state index in [0.29, 0.717) is 4.90 Å². The van der Waals surface area contributed by atoms with Crippen molar-refractivity contribution in [3.05, 3.63) is 0 Å². The van der Waals surface area contributed by atoms with E-state index in [9.17, 15) is 14.4 Å². The van der Waals surface area contributed by atoms with Crippen molar-refractivity contribution in [3.63, 3.8) is 0 Å². The molecule has 7 nitrogen and oxygen atoms in total. The van der Waals surface area contributed by atoms with E-state index in [4.69, 9.17) is 14.6 Å². The Kier molecular flexibility index (Phi) is 5.99. The highest BCUT2D eigenvalue weighted by Gasteiger charge is 2.31. The highest BCUT2D eigenvalue weighted by molar-refractivity contribution is 5.88. The summed E-state index contributed by atoms with van der Waals surface area (Å²) in [5.41, 5.74) is -1.58. The molecular formula is C13H23NO6. The molecule has 0 saturated carbocycles. The minimum absolute atomic E-state index is 0.306. The predicted molar refractivity (Wildman–Crippen MR) is 71.4 cm³/mol. The Hall–Kier alpha value is -1.79. The van der Waals surface area contributed by atoms with Gasteiger partial charge in [0.2, 0.25) is 0 Å². The van der Waals surface area contributed by atoms with Gasteiger partial charge in [-0.15, -0.1) is 0 Å². The summed E-state index contributed by atoms with van der Waals surface area (Å²) in [6.45, 7) is 9.58. The van der Waals surface area contributed by atoms with Crippen molar-refractivity contribution < 1.29 is 29.0 Å². The molecule has 7 heteroatoms. The number of hydrogen-bond acceptors (Lipinski definition) is 5. The molecule has 0 aromatic carbocycles. The minimum Gasteiger partial charge on any atom is -0.481 e. The lowest BCUT2D eigenvalue weighted by atomic mass is 10.2. The molecule has 0 aromatic heterocycles. The van der Waals surface area contributed by atoms with Gasteiger partial charge in [0.15, 0.2) is 0 Å². The van der Waals surface area contributed by atoms with Crippen molar-refractivity contribution in [3.8, 4) is 0 Å². The number of aliphatic carboxylic acids is 1. The molecule has 0 aromatic rings. The smallest absolute Gasteiger partial charge is 0.419 e. The van der Waals surface area contributed by atoms with E-state index in [1.165, 1.54) is 0 Å². The average Bonchev–Trinajstić information content (AvgIpc) is 2.10. The standard InChI is InChI=1S/C13H23NO6/c1-12(2,3)19-10(17)14(8-7-9(15)16)11(18)20-13(4,5)6/h7-8H2,1-6H3,(H,15,16). The zero-order valence-corrected chi connectivity index (χ0v) is 12.8. The molecule has 0 aliphatic carbocycles. The van der Waals surface area contributed by atoms with Crippen LogP contribution in [0.4, 0.5) is 9.59 Å². The number of carbonyl (C=O) groups is 3. The summed E-state index contributed by atoms with van der Waals surface area (Å²) in [5.74, 6) is -1.12. The van der Waals surface area contributed by atoms with E-state index >= 15 is 0 Å². The zero-order valence-electron chi connectivity index (χ0n) is 12.8. The van der Waals surface area contributed by atoms with E-state index < -0.39 is 29.4 Å². The van der Waals surface area contributed by atoms with Crippen LogP contribution >= 0.6 is 0 Å². The fraction of sp³-hybridized carbons (Fsp3) is 0.769. The van der Waals surface area contributed by atoms with Crippen LogP contribution in [0.2, 0.25) is 0 Å². The summed E-state index contributed by atoms with van der Waals surface area (Å²) >= 11 is 0. The van der Waals surface area contributed by atoms with Gasteiger partial charge in [0, 0.05) is 6.54 Å². The quantitative estimate of drug-likeness (QED) is 0.858. The number of carbonyl (C=O) groups excluding carboxylic acids is 2. The summed E-state index contributed by atoms with van der Waals surface area (Å²) in [4.78, 5) is 35.1. The maximum absolute atomic E-state index is 11.9. The Morgan fingerprint density at radius 3 is 1.50 bits per heavy atom. The Labute approximate surface area is 118 Å². The fourth-order valence-electron chi connectivity index (χ4n) is 1.10. The van der Waals surface area contributed by atoms with E-state index in [1.807, 2.05) is 0 Å². The fourth-order valence-corrected chi connectivity index (χ4v) is 1.10. The molecule has 20 heavy (non-hydrogen) atoms. The Bertz CT molecular complexity index is 349. The molecule has 0 heterocycles. The van der Waals surface area contributed by atoms with Crippen molar-refractivity contribution in [1.29, 1.82) is 0 Å². The number of amides is 2. The van der Waals surface area contributed by atoms with Gasteiger partial charge in [0.1, 0.15) is 11.2 Å². The molecule has 0 unspecified atom stereocenters. The van der Waals surface area contributed by atoms with Crippen LogP contribution in [0.15, 0.2) is 0 Å². The lowest BCUT2D eigenvalue weighted by Crippen LogP contribution is -2.44. The van der Waals surface area contributed by atoms with Gasteiger partial charge >= 0.3 is 18.2 Å². The molecule has 1 N–H and O–H groups in total. The third-order valence-electron chi connectivity index (χ3n) is 1.78. The van der Waals surface area contributed by atoms with Crippen LogP contribution in [0.25, 0.3) is 0 Å². The first-order chi connectivity index (χ1) is 8.82. The molecule has 0 aliphatic rings. The Morgan fingerprint density at radius 1 is 0.900 bits per heavy atom. The van der Waals surface area contributed by atoms with Gasteiger partial charge < -0.3 is 14.6 Å². The maximum Gasteiger partial charge on any atom is 0.419 e. The second kappa shape index (κ2) is 6.58. The first-order valence-corrected chi connectivity index (χ1v) is 6.27. The highest BCUT2D eigenvalue weighted by Crippen LogP contribution is 2.14. The molecular weight excluding hydrogens is 266 g/mol. The summed E-state index contributed by atoms with van der Waals surface area (Å²) in [6, 6.07) is 0. The second-order valence-electron chi connectivity index (χ2n) is 6.26. The van der Waals surface area contributed by atoms with Gasteiger partial charge in [0.25, 0.3) is 0 Å². The first kappa shape index (κ1) is 18.2. The number of rotatable bonds is 3. The van der Waals surface area contributed by atoms with Gasteiger partial charge in [-0.2, -0.15) is 0 Å². The van der Waals surface area contributed by atoms with Crippen LogP contribution in [0.3, 0.4) is 0 Å². The van der Waals surface area contributed by atoms with Crippen molar-refractivity contribution >= 4 is 18.2 Å². The molecule has 2 amide bonds. The third kappa shape index (κ3) is 8.34. The molecule has 0 aliphatic heterocycles. The van der Waals surface area contributed by atoms with Gasteiger partial charge in [-0.25, -0.2) is 14.5 Å². The van der Waals surface area contributed by atoms with Gasteiger partial charge in [-0.1, -0.05) is 0 Å². The minimum atomic E-state index is -1.12. The predicted octanol–water partition coefficient (Wildman–Crippen LogP) is 2.63. The van der Waals surface area contributed by atoms with E-state index in [2.05, 4.69) is 0 Å². The lowest BCUT2D eigenvalue weighted by Gasteiger charge is -2.28. The van der Waals surface area contributed by atoms with Crippen LogP contribution in [0.1, 0.15) is 48.0 Å². The van der Waals surface area contributed by atoms with Gasteiger partial charge in [-0.3, -0.25) is 4.79 Å². The molecule has 0 radical (unpaired) electrons. The number of ether oxygens (including phenoxy) is 2. The molecule has 0 rings (SSSR count).